The molecule has 1 saturated carbocycles. The van der Waals surface area contributed by atoms with Crippen LogP contribution in [0.4, 0.5) is 0 Å². The van der Waals surface area contributed by atoms with E-state index in [1.807, 2.05) is 0 Å². The average molecular weight is 275 g/mol. The highest BCUT2D eigenvalue weighted by atomic mass is 16.3. The Balaban J connectivity index is 2.10. The molecule has 2 rings (SSSR count). The first-order valence-corrected chi connectivity index (χ1v) is 7.79. The molecule has 2 nitrogen and oxygen atoms in total. The molecule has 20 heavy (non-hydrogen) atoms. The van der Waals surface area contributed by atoms with Gasteiger partial charge in [0.2, 0.25) is 0 Å². The van der Waals surface area contributed by atoms with Gasteiger partial charge in [-0.05, 0) is 35.3 Å². The first-order chi connectivity index (χ1) is 9.38. The second-order valence-corrected chi connectivity index (χ2v) is 7.63. The third-order valence-electron chi connectivity index (χ3n) is 4.59. The van der Waals surface area contributed by atoms with Crippen molar-refractivity contribution in [3.05, 3.63) is 35.4 Å². The third-order valence-corrected chi connectivity index (χ3v) is 4.59. The lowest BCUT2D eigenvalue weighted by molar-refractivity contribution is 0.115. The number of rotatable bonds is 6. The van der Waals surface area contributed by atoms with Crippen molar-refractivity contribution in [3.8, 4) is 0 Å². The largest absolute Gasteiger partial charge is 0.396 e. The number of hydrogen-bond acceptors (Lipinski definition) is 2. The van der Waals surface area contributed by atoms with Crippen LogP contribution >= 0.6 is 0 Å². The Hall–Kier alpha value is -0.860. The average Bonchev–Trinajstić information content (AvgIpc) is 3.21. The van der Waals surface area contributed by atoms with Crippen LogP contribution in [0.3, 0.4) is 0 Å². The first-order valence-electron chi connectivity index (χ1n) is 7.79. The fraction of sp³-hybridized carbons (Fsp3) is 0.667. The zero-order chi connectivity index (χ0) is 14.8. The summed E-state index contributed by atoms with van der Waals surface area (Å²) in [5, 5.41) is 9.82. The minimum absolute atomic E-state index is 0.121. The Morgan fingerprint density at radius 1 is 1.15 bits per heavy atom. The standard InChI is InChI=1S/C18H29NO/c1-17(2,3)16-8-6-15(7-9-16)11-18(12-19,13-20)10-14-4-5-14/h6-9,14,20H,4-5,10-13,19H2,1-3H3. The molecule has 1 aromatic rings. The van der Waals surface area contributed by atoms with E-state index >= 15 is 0 Å². The number of hydrogen-bond donors (Lipinski definition) is 2. The van der Waals surface area contributed by atoms with Crippen molar-refractivity contribution in [1.82, 2.24) is 0 Å². The van der Waals surface area contributed by atoms with Crippen LogP contribution in [-0.4, -0.2) is 18.3 Å². The molecular weight excluding hydrogens is 246 g/mol. The number of benzene rings is 1. The van der Waals surface area contributed by atoms with Crippen LogP contribution in [0.25, 0.3) is 0 Å². The van der Waals surface area contributed by atoms with E-state index in [9.17, 15) is 5.11 Å². The zero-order valence-electron chi connectivity index (χ0n) is 13.2. The molecular formula is C18H29NO. The second-order valence-electron chi connectivity index (χ2n) is 7.63. The maximum Gasteiger partial charge on any atom is 0.0502 e. The predicted molar refractivity (Wildman–Crippen MR) is 84.8 cm³/mol. The molecule has 1 fully saturated rings. The summed E-state index contributed by atoms with van der Waals surface area (Å²) in [7, 11) is 0. The van der Waals surface area contributed by atoms with Gasteiger partial charge in [0.05, 0.1) is 6.61 Å². The summed E-state index contributed by atoms with van der Waals surface area (Å²) in [6, 6.07) is 8.83. The lowest BCUT2D eigenvalue weighted by Gasteiger charge is -2.31. The fourth-order valence-corrected chi connectivity index (χ4v) is 2.90. The van der Waals surface area contributed by atoms with E-state index in [1.165, 1.54) is 24.0 Å². The minimum Gasteiger partial charge on any atom is -0.396 e. The van der Waals surface area contributed by atoms with Gasteiger partial charge in [0.15, 0.2) is 0 Å². The molecule has 0 heterocycles. The second kappa shape index (κ2) is 5.87. The van der Waals surface area contributed by atoms with Gasteiger partial charge in [-0.2, -0.15) is 0 Å². The summed E-state index contributed by atoms with van der Waals surface area (Å²) in [5.41, 5.74) is 8.69. The highest BCUT2D eigenvalue weighted by molar-refractivity contribution is 5.28. The molecule has 2 heteroatoms. The molecule has 1 atom stereocenters. The maximum absolute atomic E-state index is 9.82. The Morgan fingerprint density at radius 3 is 2.15 bits per heavy atom. The van der Waals surface area contributed by atoms with Crippen molar-refractivity contribution in [3.63, 3.8) is 0 Å². The van der Waals surface area contributed by atoms with Gasteiger partial charge in [-0.3, -0.25) is 0 Å². The van der Waals surface area contributed by atoms with Crippen LogP contribution in [0.5, 0.6) is 0 Å². The number of aliphatic hydroxyl groups excluding tert-OH is 1. The van der Waals surface area contributed by atoms with Gasteiger partial charge in [-0.15, -0.1) is 0 Å². The van der Waals surface area contributed by atoms with E-state index in [0.717, 1.165) is 18.8 Å². The van der Waals surface area contributed by atoms with Gasteiger partial charge in [-0.1, -0.05) is 57.9 Å². The van der Waals surface area contributed by atoms with Crippen molar-refractivity contribution in [2.75, 3.05) is 13.2 Å². The maximum atomic E-state index is 9.82. The van der Waals surface area contributed by atoms with Crippen LogP contribution < -0.4 is 5.73 Å². The third kappa shape index (κ3) is 3.83. The molecule has 3 N–H and O–H groups in total. The van der Waals surface area contributed by atoms with Crippen LogP contribution in [0.15, 0.2) is 24.3 Å². The Labute approximate surface area is 123 Å². The molecule has 1 aliphatic rings. The number of aliphatic hydroxyl groups is 1. The quantitative estimate of drug-likeness (QED) is 0.837. The summed E-state index contributed by atoms with van der Waals surface area (Å²) in [6.07, 6.45) is 4.58. The molecule has 0 amide bonds. The first kappa shape index (κ1) is 15.5. The van der Waals surface area contributed by atoms with Crippen LogP contribution in [0, 0.1) is 11.3 Å². The number of nitrogens with two attached hydrogens (primary N) is 1. The van der Waals surface area contributed by atoms with Crippen molar-refractivity contribution in [2.45, 2.75) is 51.9 Å². The molecule has 1 aromatic carbocycles. The zero-order valence-corrected chi connectivity index (χ0v) is 13.2. The van der Waals surface area contributed by atoms with E-state index in [0.29, 0.717) is 6.54 Å². The van der Waals surface area contributed by atoms with Gasteiger partial charge < -0.3 is 10.8 Å². The fourth-order valence-electron chi connectivity index (χ4n) is 2.90. The lowest BCUT2D eigenvalue weighted by atomic mass is 9.77. The van der Waals surface area contributed by atoms with Crippen molar-refractivity contribution in [2.24, 2.45) is 17.1 Å². The summed E-state index contributed by atoms with van der Waals surface area (Å²) in [4.78, 5) is 0. The van der Waals surface area contributed by atoms with E-state index in [4.69, 9.17) is 5.73 Å². The van der Waals surface area contributed by atoms with E-state index in [2.05, 4.69) is 45.0 Å². The van der Waals surface area contributed by atoms with Gasteiger partial charge in [0.25, 0.3) is 0 Å². The normalized spacial score (nSPS) is 18.9. The topological polar surface area (TPSA) is 46.2 Å². The Kier molecular flexibility index (Phi) is 4.55. The van der Waals surface area contributed by atoms with Crippen molar-refractivity contribution in [1.29, 1.82) is 0 Å². The predicted octanol–water partition coefficient (Wildman–Crippen LogP) is 3.26. The van der Waals surface area contributed by atoms with Gasteiger partial charge in [0.1, 0.15) is 0 Å². The van der Waals surface area contributed by atoms with Crippen LogP contribution in [-0.2, 0) is 11.8 Å². The van der Waals surface area contributed by atoms with Gasteiger partial charge >= 0.3 is 0 Å². The monoisotopic (exact) mass is 275 g/mol. The molecule has 0 aliphatic heterocycles. The van der Waals surface area contributed by atoms with Gasteiger partial charge in [-0.25, -0.2) is 0 Å². The molecule has 112 valence electrons. The summed E-state index contributed by atoms with van der Waals surface area (Å²) in [5.74, 6) is 0.791. The Bertz CT molecular complexity index is 422. The highest BCUT2D eigenvalue weighted by Gasteiger charge is 2.35. The summed E-state index contributed by atoms with van der Waals surface area (Å²) >= 11 is 0. The van der Waals surface area contributed by atoms with Crippen LogP contribution in [0.2, 0.25) is 0 Å². The smallest absolute Gasteiger partial charge is 0.0502 e. The van der Waals surface area contributed by atoms with Crippen molar-refractivity contribution >= 4 is 0 Å². The van der Waals surface area contributed by atoms with E-state index in [1.54, 1.807) is 0 Å². The minimum atomic E-state index is -0.121. The molecule has 1 aliphatic carbocycles. The SMILES string of the molecule is CC(C)(C)c1ccc(CC(CN)(CO)CC2CC2)cc1. The molecule has 0 spiro atoms. The molecule has 1 unspecified atom stereocenters. The summed E-state index contributed by atoms with van der Waals surface area (Å²) < 4.78 is 0. The summed E-state index contributed by atoms with van der Waals surface area (Å²) in [6.45, 7) is 7.45. The van der Waals surface area contributed by atoms with E-state index < -0.39 is 0 Å². The molecule has 0 radical (unpaired) electrons. The van der Waals surface area contributed by atoms with Crippen molar-refractivity contribution < 1.29 is 5.11 Å². The lowest BCUT2D eigenvalue weighted by Crippen LogP contribution is -2.37. The molecule has 0 aromatic heterocycles. The van der Waals surface area contributed by atoms with E-state index in [-0.39, 0.29) is 17.4 Å². The molecule has 0 bridgehead atoms. The Morgan fingerprint density at radius 2 is 1.75 bits per heavy atom. The highest BCUT2D eigenvalue weighted by Crippen LogP contribution is 2.41. The molecule has 0 saturated heterocycles. The van der Waals surface area contributed by atoms with Gasteiger partial charge in [0, 0.05) is 12.0 Å². The van der Waals surface area contributed by atoms with Crippen LogP contribution in [0.1, 0.15) is 51.2 Å².